The molecule has 1 heterocycles. The minimum Gasteiger partial charge on any atom is -0.206 e. The molecule has 0 radical (unpaired) electrons. The topological polar surface area (TPSA) is 37.4 Å². The Balaban J connectivity index is 2.29. The van der Waals surface area contributed by atoms with Gasteiger partial charge >= 0.3 is 0 Å². The second-order valence-electron chi connectivity index (χ2n) is 3.79. The van der Waals surface area contributed by atoms with E-state index in [0.29, 0.717) is 16.6 Å². The van der Waals surface area contributed by atoms with Crippen molar-refractivity contribution in [1.82, 2.24) is 4.31 Å². The number of nitrogens with zero attached hydrogens (tertiary/aromatic N) is 1. The van der Waals surface area contributed by atoms with E-state index in [1.54, 1.807) is 16.4 Å². The van der Waals surface area contributed by atoms with Crippen LogP contribution < -0.4 is 0 Å². The first-order chi connectivity index (χ1) is 7.59. The van der Waals surface area contributed by atoms with Gasteiger partial charge in [0.2, 0.25) is 0 Å². The minimum absolute atomic E-state index is 0.219. The number of hydrogen-bond donors (Lipinski definition) is 0. The fraction of sp³-hybridized carbons (Fsp3) is 0.600. The van der Waals surface area contributed by atoms with Gasteiger partial charge in [0.1, 0.15) is 4.21 Å². The van der Waals surface area contributed by atoms with Crippen molar-refractivity contribution < 1.29 is 8.42 Å². The van der Waals surface area contributed by atoms with Crippen LogP contribution in [0.4, 0.5) is 0 Å². The smallest absolute Gasteiger partial charge is 0.206 e. The van der Waals surface area contributed by atoms with Crippen molar-refractivity contribution >= 4 is 33.0 Å². The molecule has 90 valence electrons. The Morgan fingerprint density at radius 2 is 2.19 bits per heavy atom. The fourth-order valence-electron chi connectivity index (χ4n) is 1.67. The van der Waals surface area contributed by atoms with Crippen LogP contribution in [0.2, 0.25) is 0 Å². The van der Waals surface area contributed by atoms with Crippen molar-refractivity contribution in [2.45, 2.75) is 35.9 Å². The molecule has 0 aromatic carbocycles. The van der Waals surface area contributed by atoms with E-state index in [1.165, 1.54) is 11.3 Å². The molecule has 1 fully saturated rings. The summed E-state index contributed by atoms with van der Waals surface area (Å²) in [4.78, 5) is 0.895. The maximum atomic E-state index is 12.3. The number of thiophene rings is 1. The van der Waals surface area contributed by atoms with Gasteiger partial charge in [-0.3, -0.25) is 0 Å². The Morgan fingerprint density at radius 3 is 2.62 bits per heavy atom. The van der Waals surface area contributed by atoms with Gasteiger partial charge in [-0.05, 0) is 25.0 Å². The third kappa shape index (κ3) is 2.27. The van der Waals surface area contributed by atoms with Crippen molar-refractivity contribution in [1.29, 1.82) is 0 Å². The molecule has 1 saturated carbocycles. The van der Waals surface area contributed by atoms with Gasteiger partial charge in [0, 0.05) is 17.5 Å². The second kappa shape index (κ2) is 4.64. The van der Waals surface area contributed by atoms with E-state index in [-0.39, 0.29) is 6.04 Å². The summed E-state index contributed by atoms with van der Waals surface area (Å²) in [7, 11) is -3.28. The van der Waals surface area contributed by atoms with E-state index in [9.17, 15) is 8.42 Å². The van der Waals surface area contributed by atoms with E-state index in [2.05, 4.69) is 0 Å². The summed E-state index contributed by atoms with van der Waals surface area (Å²) in [5, 5.41) is 0. The molecular formula is C10H14ClNO2S2. The second-order valence-corrected chi connectivity index (χ2v) is 7.35. The monoisotopic (exact) mass is 279 g/mol. The van der Waals surface area contributed by atoms with E-state index in [1.807, 2.05) is 6.92 Å². The normalized spacial score (nSPS) is 16.9. The van der Waals surface area contributed by atoms with Crippen LogP contribution >= 0.6 is 22.9 Å². The van der Waals surface area contributed by atoms with Crippen LogP contribution in [-0.2, 0) is 15.9 Å². The summed E-state index contributed by atoms with van der Waals surface area (Å²) in [6.07, 6.45) is 1.97. The van der Waals surface area contributed by atoms with E-state index < -0.39 is 10.0 Å². The molecule has 1 aliphatic rings. The summed E-state index contributed by atoms with van der Waals surface area (Å²) in [5.74, 6) is 0.371. The Hall–Kier alpha value is -0.100. The molecule has 0 aliphatic heterocycles. The molecule has 0 bridgehead atoms. The molecule has 0 atom stereocenters. The Kier molecular flexibility index (Phi) is 3.59. The van der Waals surface area contributed by atoms with E-state index in [0.717, 1.165) is 17.7 Å². The molecule has 6 heteroatoms. The third-order valence-electron chi connectivity index (χ3n) is 2.60. The first kappa shape index (κ1) is 12.4. The summed E-state index contributed by atoms with van der Waals surface area (Å²) < 4.78 is 26.5. The molecule has 0 saturated heterocycles. The summed E-state index contributed by atoms with van der Waals surface area (Å²) in [6, 6.07) is 3.66. The molecule has 0 unspecified atom stereocenters. The zero-order valence-electron chi connectivity index (χ0n) is 9.02. The molecular weight excluding hydrogens is 266 g/mol. The van der Waals surface area contributed by atoms with Crippen LogP contribution in [-0.4, -0.2) is 25.3 Å². The maximum Gasteiger partial charge on any atom is 0.252 e. The molecule has 2 rings (SSSR count). The molecule has 1 aromatic heterocycles. The first-order valence-corrected chi connectivity index (χ1v) is 8.05. The lowest BCUT2D eigenvalue weighted by atomic mass is 10.5. The zero-order valence-corrected chi connectivity index (χ0v) is 11.4. The fourth-order valence-corrected chi connectivity index (χ4v) is 4.95. The molecule has 0 spiro atoms. The number of alkyl halides is 1. The highest BCUT2D eigenvalue weighted by Gasteiger charge is 2.37. The number of halogens is 1. The van der Waals surface area contributed by atoms with Gasteiger partial charge in [0.05, 0.1) is 5.88 Å². The molecule has 1 aliphatic carbocycles. The lowest BCUT2D eigenvalue weighted by Gasteiger charge is -2.18. The van der Waals surface area contributed by atoms with Crippen LogP contribution in [0.5, 0.6) is 0 Å². The van der Waals surface area contributed by atoms with Crippen LogP contribution in [0.25, 0.3) is 0 Å². The minimum atomic E-state index is -3.28. The first-order valence-electron chi connectivity index (χ1n) is 5.26. The highest BCUT2D eigenvalue weighted by Crippen LogP contribution is 2.34. The maximum absolute atomic E-state index is 12.3. The largest absolute Gasteiger partial charge is 0.252 e. The zero-order chi connectivity index (χ0) is 11.8. The number of rotatable bonds is 5. The van der Waals surface area contributed by atoms with Gasteiger partial charge in [0.25, 0.3) is 10.0 Å². The lowest BCUT2D eigenvalue weighted by Crippen LogP contribution is -2.32. The number of hydrogen-bond acceptors (Lipinski definition) is 3. The predicted octanol–water partition coefficient (Wildman–Crippen LogP) is 2.66. The van der Waals surface area contributed by atoms with Gasteiger partial charge < -0.3 is 0 Å². The average molecular weight is 280 g/mol. The van der Waals surface area contributed by atoms with Crippen molar-refractivity contribution in [3.8, 4) is 0 Å². The van der Waals surface area contributed by atoms with Gasteiger partial charge in [-0.2, -0.15) is 4.31 Å². The quantitative estimate of drug-likeness (QED) is 0.777. The molecule has 0 amide bonds. The summed E-state index contributed by atoms with van der Waals surface area (Å²) >= 11 is 6.95. The van der Waals surface area contributed by atoms with Crippen LogP contribution in [0.15, 0.2) is 16.3 Å². The van der Waals surface area contributed by atoms with Crippen molar-refractivity contribution in [3.05, 3.63) is 17.0 Å². The number of sulfonamides is 1. The highest BCUT2D eigenvalue weighted by atomic mass is 35.5. The average Bonchev–Trinajstić information content (AvgIpc) is 2.95. The van der Waals surface area contributed by atoms with Crippen LogP contribution in [0.1, 0.15) is 24.6 Å². The van der Waals surface area contributed by atoms with Crippen molar-refractivity contribution in [2.24, 2.45) is 0 Å². The van der Waals surface area contributed by atoms with Crippen molar-refractivity contribution in [3.63, 3.8) is 0 Å². The molecule has 0 N–H and O–H groups in total. The molecule has 3 nitrogen and oxygen atoms in total. The van der Waals surface area contributed by atoms with Gasteiger partial charge in [-0.1, -0.05) is 6.92 Å². The van der Waals surface area contributed by atoms with Gasteiger partial charge in [0.15, 0.2) is 0 Å². The van der Waals surface area contributed by atoms with Crippen LogP contribution in [0, 0.1) is 0 Å². The standard InChI is InChI=1S/C10H14ClNO2S2/c1-2-12(8-3-4-8)16(13,14)10-6-5-9(7-11)15-10/h5-6,8H,2-4,7H2,1H3. The Morgan fingerprint density at radius 1 is 1.50 bits per heavy atom. The van der Waals surface area contributed by atoms with E-state index >= 15 is 0 Å². The van der Waals surface area contributed by atoms with Gasteiger partial charge in [-0.15, -0.1) is 22.9 Å². The Labute approximate surface area is 105 Å². The summed E-state index contributed by atoms with van der Waals surface area (Å²) in [5.41, 5.74) is 0. The molecule has 1 aromatic rings. The predicted molar refractivity (Wildman–Crippen MR) is 66.5 cm³/mol. The lowest BCUT2D eigenvalue weighted by molar-refractivity contribution is 0.422. The third-order valence-corrected chi connectivity index (χ3v) is 6.62. The van der Waals surface area contributed by atoms with Crippen LogP contribution in [0.3, 0.4) is 0 Å². The summed E-state index contributed by atoms with van der Waals surface area (Å²) in [6.45, 7) is 2.42. The highest BCUT2D eigenvalue weighted by molar-refractivity contribution is 7.91. The van der Waals surface area contributed by atoms with Gasteiger partial charge in [-0.25, -0.2) is 8.42 Å². The van der Waals surface area contributed by atoms with E-state index in [4.69, 9.17) is 11.6 Å². The Bertz CT molecular complexity index is 465. The molecule has 16 heavy (non-hydrogen) atoms. The SMILES string of the molecule is CCN(C1CC1)S(=O)(=O)c1ccc(CCl)s1. The van der Waals surface area contributed by atoms with Crippen molar-refractivity contribution in [2.75, 3.05) is 6.54 Å².